The number of fused-ring (bicyclic) bond motifs is 3. The Morgan fingerprint density at radius 3 is 2.71 bits per heavy atom. The van der Waals surface area contributed by atoms with Gasteiger partial charge in [0, 0.05) is 34.6 Å². The first-order chi connectivity index (χ1) is 13.7. The molecular formula is C23H22ClN3O. The molecule has 0 saturated carbocycles. The Bertz CT molecular complexity index is 1040. The molecule has 2 aliphatic heterocycles. The number of pyridine rings is 1. The monoisotopic (exact) mass is 391 g/mol. The first-order valence-electron chi connectivity index (χ1n) is 9.90. The molecular weight excluding hydrogens is 370 g/mol. The van der Waals surface area contributed by atoms with Crippen molar-refractivity contribution in [3.8, 4) is 11.3 Å². The lowest BCUT2D eigenvalue weighted by Gasteiger charge is -2.28. The molecule has 1 amide bonds. The van der Waals surface area contributed by atoms with Crippen molar-refractivity contribution in [2.45, 2.75) is 31.3 Å². The van der Waals surface area contributed by atoms with Crippen LogP contribution in [-0.2, 0) is 0 Å². The van der Waals surface area contributed by atoms with Crippen LogP contribution in [-0.4, -0.2) is 41.0 Å². The number of para-hydroxylation sites is 1. The van der Waals surface area contributed by atoms with E-state index in [-0.39, 0.29) is 11.9 Å². The van der Waals surface area contributed by atoms with Gasteiger partial charge in [-0.25, -0.2) is 4.98 Å². The molecule has 5 heteroatoms. The number of hydrogen-bond donors (Lipinski definition) is 1. The highest BCUT2D eigenvalue weighted by molar-refractivity contribution is 6.33. The smallest absolute Gasteiger partial charge is 0.255 e. The van der Waals surface area contributed by atoms with Gasteiger partial charge >= 0.3 is 0 Å². The predicted molar refractivity (Wildman–Crippen MR) is 113 cm³/mol. The Balaban J connectivity index is 1.66. The SMILES string of the molecule is O=C(c1cc(-c2ccccc2Cl)nc2ccccc12)N1C2CCNCC1CC2. The maximum absolute atomic E-state index is 13.7. The lowest BCUT2D eigenvalue weighted by molar-refractivity contribution is 0.0682. The largest absolute Gasteiger partial charge is 0.331 e. The normalized spacial score (nSPS) is 21.7. The van der Waals surface area contributed by atoms with Gasteiger partial charge in [-0.2, -0.15) is 0 Å². The van der Waals surface area contributed by atoms with Crippen LogP contribution >= 0.6 is 11.6 Å². The maximum Gasteiger partial charge on any atom is 0.255 e. The molecule has 5 rings (SSSR count). The quantitative estimate of drug-likeness (QED) is 0.698. The number of rotatable bonds is 2. The first-order valence-corrected chi connectivity index (χ1v) is 10.3. The van der Waals surface area contributed by atoms with Crippen molar-refractivity contribution < 1.29 is 4.79 Å². The van der Waals surface area contributed by atoms with Crippen LogP contribution in [0.25, 0.3) is 22.2 Å². The van der Waals surface area contributed by atoms with Gasteiger partial charge in [0.1, 0.15) is 0 Å². The molecule has 3 heterocycles. The van der Waals surface area contributed by atoms with Gasteiger partial charge in [-0.05, 0) is 44.0 Å². The summed E-state index contributed by atoms with van der Waals surface area (Å²) < 4.78 is 0. The molecule has 1 N–H and O–H groups in total. The summed E-state index contributed by atoms with van der Waals surface area (Å²) in [6.07, 6.45) is 3.19. The lowest BCUT2D eigenvalue weighted by Crippen LogP contribution is -2.42. The molecule has 28 heavy (non-hydrogen) atoms. The van der Waals surface area contributed by atoms with E-state index in [4.69, 9.17) is 16.6 Å². The van der Waals surface area contributed by atoms with E-state index in [2.05, 4.69) is 10.2 Å². The zero-order valence-corrected chi connectivity index (χ0v) is 16.3. The van der Waals surface area contributed by atoms with Crippen LogP contribution < -0.4 is 5.32 Å². The third-order valence-corrected chi connectivity index (χ3v) is 6.31. The number of carbonyl (C=O) groups is 1. The number of carbonyl (C=O) groups excluding carboxylic acids is 1. The van der Waals surface area contributed by atoms with E-state index in [9.17, 15) is 4.79 Å². The Hall–Kier alpha value is -2.43. The van der Waals surface area contributed by atoms with E-state index in [1.165, 1.54) is 0 Å². The van der Waals surface area contributed by atoms with Crippen molar-refractivity contribution >= 4 is 28.4 Å². The van der Waals surface area contributed by atoms with Crippen molar-refractivity contribution in [3.05, 3.63) is 65.2 Å². The second kappa shape index (κ2) is 7.19. The molecule has 2 fully saturated rings. The van der Waals surface area contributed by atoms with Crippen LogP contribution in [0.4, 0.5) is 0 Å². The van der Waals surface area contributed by atoms with Crippen LogP contribution in [0.3, 0.4) is 0 Å². The number of hydrogen-bond acceptors (Lipinski definition) is 3. The molecule has 2 aliphatic rings. The number of halogens is 1. The number of aromatic nitrogens is 1. The lowest BCUT2D eigenvalue weighted by atomic mass is 10.0. The molecule has 1 aromatic heterocycles. The highest BCUT2D eigenvalue weighted by atomic mass is 35.5. The van der Waals surface area contributed by atoms with Crippen LogP contribution in [0, 0.1) is 0 Å². The van der Waals surface area contributed by atoms with Gasteiger partial charge in [0.2, 0.25) is 0 Å². The first kappa shape index (κ1) is 17.7. The summed E-state index contributed by atoms with van der Waals surface area (Å²) in [4.78, 5) is 20.7. The zero-order valence-electron chi connectivity index (χ0n) is 15.6. The number of nitrogens with zero attached hydrogens (tertiary/aromatic N) is 2. The number of benzene rings is 2. The van der Waals surface area contributed by atoms with Crippen molar-refractivity contribution in [1.82, 2.24) is 15.2 Å². The highest BCUT2D eigenvalue weighted by Crippen LogP contribution is 2.34. The minimum absolute atomic E-state index is 0.114. The third-order valence-electron chi connectivity index (χ3n) is 5.99. The topological polar surface area (TPSA) is 45.2 Å². The fraction of sp³-hybridized carbons (Fsp3) is 0.304. The molecule has 2 unspecified atom stereocenters. The van der Waals surface area contributed by atoms with E-state index < -0.39 is 0 Å². The average molecular weight is 392 g/mol. The molecule has 3 aromatic rings. The summed E-state index contributed by atoms with van der Waals surface area (Å²) in [6, 6.07) is 18.1. The van der Waals surface area contributed by atoms with Gasteiger partial charge < -0.3 is 10.2 Å². The van der Waals surface area contributed by atoms with Crippen LogP contribution in [0.5, 0.6) is 0 Å². The van der Waals surface area contributed by atoms with Gasteiger partial charge in [-0.3, -0.25) is 4.79 Å². The highest BCUT2D eigenvalue weighted by Gasteiger charge is 2.38. The Kier molecular flexibility index (Phi) is 4.53. The number of amides is 1. The fourth-order valence-corrected chi connectivity index (χ4v) is 4.84. The maximum atomic E-state index is 13.7. The van der Waals surface area contributed by atoms with Crippen molar-refractivity contribution in [3.63, 3.8) is 0 Å². The Morgan fingerprint density at radius 2 is 1.82 bits per heavy atom. The van der Waals surface area contributed by atoms with Gasteiger partial charge in [0.05, 0.1) is 16.8 Å². The van der Waals surface area contributed by atoms with E-state index in [0.29, 0.717) is 11.1 Å². The molecule has 0 radical (unpaired) electrons. The summed E-state index contributed by atoms with van der Waals surface area (Å²) in [7, 11) is 0. The van der Waals surface area contributed by atoms with Gasteiger partial charge in [0.25, 0.3) is 5.91 Å². The van der Waals surface area contributed by atoms with Crippen molar-refractivity contribution in [2.75, 3.05) is 13.1 Å². The summed E-state index contributed by atoms with van der Waals surface area (Å²) in [5.74, 6) is 0.114. The Labute approximate surface area is 169 Å². The molecule has 0 aliphatic carbocycles. The second-order valence-electron chi connectivity index (χ2n) is 7.64. The summed E-state index contributed by atoms with van der Waals surface area (Å²) >= 11 is 6.42. The van der Waals surface area contributed by atoms with Crippen LogP contribution in [0.15, 0.2) is 54.6 Å². The standard InChI is InChI=1S/C23H22ClN3O/c24-20-7-3-1-6-18(20)22-13-19(17-5-2-4-8-21(17)26-22)23(28)27-15-9-10-16(27)14-25-12-11-15/h1-8,13,15-16,25H,9-12,14H2. The minimum Gasteiger partial charge on any atom is -0.331 e. The molecule has 2 aromatic carbocycles. The molecule has 142 valence electrons. The average Bonchev–Trinajstić information content (AvgIpc) is 2.99. The van der Waals surface area contributed by atoms with Crippen LogP contribution in [0.1, 0.15) is 29.6 Å². The molecule has 2 atom stereocenters. The number of nitrogens with one attached hydrogen (secondary N) is 1. The van der Waals surface area contributed by atoms with E-state index in [1.54, 1.807) is 0 Å². The molecule has 0 spiro atoms. The van der Waals surface area contributed by atoms with Crippen LogP contribution in [0.2, 0.25) is 5.02 Å². The third kappa shape index (κ3) is 2.97. The van der Waals surface area contributed by atoms with E-state index in [1.807, 2.05) is 54.6 Å². The zero-order chi connectivity index (χ0) is 19.1. The molecule has 2 saturated heterocycles. The van der Waals surface area contributed by atoms with Crippen molar-refractivity contribution in [2.24, 2.45) is 0 Å². The van der Waals surface area contributed by atoms with Crippen molar-refractivity contribution in [1.29, 1.82) is 0 Å². The predicted octanol–water partition coefficient (Wildman–Crippen LogP) is 4.52. The van der Waals surface area contributed by atoms with E-state index >= 15 is 0 Å². The van der Waals surface area contributed by atoms with Gasteiger partial charge in [0.15, 0.2) is 0 Å². The molecule has 4 nitrogen and oxygen atoms in total. The second-order valence-corrected chi connectivity index (χ2v) is 8.05. The summed E-state index contributed by atoms with van der Waals surface area (Å²) in [5, 5.41) is 5.02. The summed E-state index contributed by atoms with van der Waals surface area (Å²) in [5.41, 5.74) is 3.14. The van der Waals surface area contributed by atoms with E-state index in [0.717, 1.165) is 60.1 Å². The Morgan fingerprint density at radius 1 is 1.04 bits per heavy atom. The fourth-order valence-electron chi connectivity index (χ4n) is 4.61. The van der Waals surface area contributed by atoms with Gasteiger partial charge in [-0.15, -0.1) is 0 Å². The molecule has 2 bridgehead atoms. The summed E-state index contributed by atoms with van der Waals surface area (Å²) in [6.45, 7) is 1.86. The minimum atomic E-state index is 0.114. The van der Waals surface area contributed by atoms with Gasteiger partial charge in [-0.1, -0.05) is 48.0 Å².